The van der Waals surface area contributed by atoms with Gasteiger partial charge in [-0.1, -0.05) is 18.2 Å². The smallest absolute Gasteiger partial charge is 0.287 e. The number of rotatable bonds is 6. The molecule has 7 heteroatoms. The van der Waals surface area contributed by atoms with Crippen LogP contribution in [-0.2, 0) is 11.3 Å². The summed E-state index contributed by atoms with van der Waals surface area (Å²) in [4.78, 5) is 25.8. The second kappa shape index (κ2) is 7.90. The van der Waals surface area contributed by atoms with Gasteiger partial charge in [0.25, 0.3) is 5.91 Å². The predicted molar refractivity (Wildman–Crippen MR) is 101 cm³/mol. The van der Waals surface area contributed by atoms with Gasteiger partial charge in [-0.15, -0.1) is 0 Å². The monoisotopic (exact) mass is 366 g/mol. The maximum atomic E-state index is 12.4. The summed E-state index contributed by atoms with van der Waals surface area (Å²) in [6, 6.07) is 13.0. The van der Waals surface area contributed by atoms with Gasteiger partial charge in [0, 0.05) is 24.8 Å². The fraction of sp³-hybridized carbons (Fsp3) is 0.250. The molecule has 0 aliphatic heterocycles. The zero-order valence-electron chi connectivity index (χ0n) is 15.6. The second-order valence-corrected chi connectivity index (χ2v) is 6.31. The van der Waals surface area contributed by atoms with Crippen LogP contribution in [0.3, 0.4) is 0 Å². The lowest BCUT2D eigenvalue weighted by atomic mass is 10.2. The SMILES string of the molecule is Cc1nn(-c2ccccc2)c(C)c1CN(C)C(=O)CNC(=O)c1ccco1. The van der Waals surface area contributed by atoms with Crippen LogP contribution in [0, 0.1) is 13.8 Å². The fourth-order valence-corrected chi connectivity index (χ4v) is 2.84. The highest BCUT2D eigenvalue weighted by Gasteiger charge is 2.18. The van der Waals surface area contributed by atoms with Gasteiger partial charge in [0.1, 0.15) is 0 Å². The molecule has 0 saturated carbocycles. The second-order valence-electron chi connectivity index (χ2n) is 6.31. The molecule has 0 atom stereocenters. The maximum Gasteiger partial charge on any atom is 0.287 e. The molecule has 0 saturated heterocycles. The molecule has 2 heterocycles. The van der Waals surface area contributed by atoms with Gasteiger partial charge in [0.15, 0.2) is 5.76 Å². The lowest BCUT2D eigenvalue weighted by Crippen LogP contribution is -2.37. The summed E-state index contributed by atoms with van der Waals surface area (Å²) in [5.74, 6) is -0.423. The van der Waals surface area contributed by atoms with E-state index in [1.165, 1.54) is 6.26 Å². The number of carbonyl (C=O) groups excluding carboxylic acids is 2. The molecule has 0 spiro atoms. The number of furan rings is 1. The number of nitrogens with one attached hydrogen (secondary N) is 1. The average molecular weight is 366 g/mol. The van der Waals surface area contributed by atoms with Gasteiger partial charge in [-0.3, -0.25) is 9.59 Å². The third-order valence-electron chi connectivity index (χ3n) is 4.41. The van der Waals surface area contributed by atoms with Crippen LogP contribution < -0.4 is 5.32 Å². The number of carbonyl (C=O) groups is 2. The Hall–Kier alpha value is -3.35. The van der Waals surface area contributed by atoms with E-state index in [0.29, 0.717) is 6.54 Å². The van der Waals surface area contributed by atoms with Crippen LogP contribution >= 0.6 is 0 Å². The number of amides is 2. The Morgan fingerprint density at radius 1 is 1.15 bits per heavy atom. The van der Waals surface area contributed by atoms with Crippen molar-refractivity contribution in [1.82, 2.24) is 20.0 Å². The van der Waals surface area contributed by atoms with Crippen LogP contribution in [-0.4, -0.2) is 40.1 Å². The molecule has 3 aromatic rings. The number of hydrogen-bond acceptors (Lipinski definition) is 4. The number of nitrogens with zero attached hydrogens (tertiary/aromatic N) is 3. The molecule has 0 radical (unpaired) electrons. The molecular formula is C20H22N4O3. The minimum atomic E-state index is -0.411. The van der Waals surface area contributed by atoms with Gasteiger partial charge >= 0.3 is 0 Å². The number of aromatic nitrogens is 2. The van der Waals surface area contributed by atoms with Crippen LogP contribution in [0.1, 0.15) is 27.5 Å². The van der Waals surface area contributed by atoms with E-state index in [0.717, 1.165) is 22.6 Å². The molecule has 27 heavy (non-hydrogen) atoms. The molecule has 1 N–H and O–H groups in total. The van der Waals surface area contributed by atoms with Crippen molar-refractivity contribution in [2.24, 2.45) is 0 Å². The first kappa shape index (κ1) is 18.4. The summed E-state index contributed by atoms with van der Waals surface area (Å²) in [5, 5.41) is 7.16. The van der Waals surface area contributed by atoms with Crippen molar-refractivity contribution >= 4 is 11.8 Å². The van der Waals surface area contributed by atoms with Crippen molar-refractivity contribution in [3.05, 3.63) is 71.4 Å². The summed E-state index contributed by atoms with van der Waals surface area (Å²) in [6.45, 7) is 4.24. The van der Waals surface area contributed by atoms with Crippen LogP contribution in [0.5, 0.6) is 0 Å². The van der Waals surface area contributed by atoms with Crippen molar-refractivity contribution in [2.45, 2.75) is 20.4 Å². The highest BCUT2D eigenvalue weighted by atomic mass is 16.3. The molecule has 140 valence electrons. The van der Waals surface area contributed by atoms with E-state index in [2.05, 4.69) is 10.4 Å². The van der Waals surface area contributed by atoms with E-state index in [1.807, 2.05) is 48.9 Å². The van der Waals surface area contributed by atoms with Crippen LogP contribution in [0.15, 0.2) is 53.1 Å². The van der Waals surface area contributed by atoms with Gasteiger partial charge in [0.05, 0.1) is 24.2 Å². The van der Waals surface area contributed by atoms with Gasteiger partial charge in [-0.05, 0) is 38.1 Å². The lowest BCUT2D eigenvalue weighted by Gasteiger charge is -2.18. The molecule has 0 unspecified atom stereocenters. The summed E-state index contributed by atoms with van der Waals surface area (Å²) in [6.07, 6.45) is 1.42. The third-order valence-corrected chi connectivity index (χ3v) is 4.41. The van der Waals surface area contributed by atoms with Gasteiger partial charge < -0.3 is 14.6 Å². The molecule has 7 nitrogen and oxygen atoms in total. The van der Waals surface area contributed by atoms with Crippen molar-refractivity contribution in [3.8, 4) is 5.69 Å². The highest BCUT2D eigenvalue weighted by molar-refractivity contribution is 5.94. The van der Waals surface area contributed by atoms with Crippen LogP contribution in [0.2, 0.25) is 0 Å². The van der Waals surface area contributed by atoms with E-state index < -0.39 is 5.91 Å². The zero-order chi connectivity index (χ0) is 19.4. The molecule has 3 rings (SSSR count). The number of likely N-dealkylation sites (N-methyl/N-ethyl adjacent to an activating group) is 1. The Morgan fingerprint density at radius 2 is 1.89 bits per heavy atom. The first-order valence-electron chi connectivity index (χ1n) is 8.63. The van der Waals surface area contributed by atoms with Crippen molar-refractivity contribution in [3.63, 3.8) is 0 Å². The quantitative estimate of drug-likeness (QED) is 0.727. The number of para-hydroxylation sites is 1. The Kier molecular flexibility index (Phi) is 5.40. The van der Waals surface area contributed by atoms with E-state index >= 15 is 0 Å². The minimum Gasteiger partial charge on any atom is -0.459 e. The number of aryl methyl sites for hydroxylation is 1. The summed E-state index contributed by atoms with van der Waals surface area (Å²) in [5.41, 5.74) is 3.82. The molecule has 0 fully saturated rings. The zero-order valence-corrected chi connectivity index (χ0v) is 15.6. The van der Waals surface area contributed by atoms with Crippen molar-refractivity contribution in [2.75, 3.05) is 13.6 Å². The van der Waals surface area contributed by atoms with E-state index in [1.54, 1.807) is 24.1 Å². The molecule has 0 aliphatic carbocycles. The Morgan fingerprint density at radius 3 is 2.56 bits per heavy atom. The van der Waals surface area contributed by atoms with Gasteiger partial charge in [-0.2, -0.15) is 5.10 Å². The van der Waals surface area contributed by atoms with E-state index in [9.17, 15) is 9.59 Å². The first-order chi connectivity index (χ1) is 13.0. The predicted octanol–water partition coefficient (Wildman–Crippen LogP) is 2.47. The molecule has 2 aromatic heterocycles. The van der Waals surface area contributed by atoms with Crippen LogP contribution in [0.4, 0.5) is 0 Å². The topological polar surface area (TPSA) is 80.4 Å². The summed E-state index contributed by atoms with van der Waals surface area (Å²) in [7, 11) is 1.71. The van der Waals surface area contributed by atoms with Gasteiger partial charge in [-0.25, -0.2) is 4.68 Å². The van der Waals surface area contributed by atoms with Crippen molar-refractivity contribution in [1.29, 1.82) is 0 Å². The third kappa shape index (κ3) is 4.08. The Bertz CT molecular complexity index is 930. The maximum absolute atomic E-state index is 12.4. The largest absolute Gasteiger partial charge is 0.459 e. The Labute approximate surface area is 157 Å². The molecular weight excluding hydrogens is 344 g/mol. The summed E-state index contributed by atoms with van der Waals surface area (Å²) < 4.78 is 6.89. The summed E-state index contributed by atoms with van der Waals surface area (Å²) >= 11 is 0. The highest BCUT2D eigenvalue weighted by Crippen LogP contribution is 2.19. The molecule has 1 aromatic carbocycles. The van der Waals surface area contributed by atoms with Crippen molar-refractivity contribution < 1.29 is 14.0 Å². The fourth-order valence-electron chi connectivity index (χ4n) is 2.84. The standard InChI is InChI=1S/C20H22N4O3/c1-14-17(15(2)24(22-14)16-8-5-4-6-9-16)13-23(3)19(25)12-21-20(26)18-10-7-11-27-18/h4-11H,12-13H2,1-3H3,(H,21,26). The molecule has 2 amide bonds. The average Bonchev–Trinajstić information content (AvgIpc) is 3.31. The number of hydrogen-bond donors (Lipinski definition) is 1. The minimum absolute atomic E-state index is 0.0963. The first-order valence-corrected chi connectivity index (χ1v) is 8.63. The van der Waals surface area contributed by atoms with Gasteiger partial charge in [0.2, 0.25) is 5.91 Å². The molecule has 0 aliphatic rings. The number of benzene rings is 1. The lowest BCUT2D eigenvalue weighted by molar-refractivity contribution is -0.129. The normalized spacial score (nSPS) is 10.6. The van der Waals surface area contributed by atoms with E-state index in [4.69, 9.17) is 4.42 Å². The Balaban J connectivity index is 1.65. The van der Waals surface area contributed by atoms with Crippen LogP contribution in [0.25, 0.3) is 5.69 Å². The molecule has 0 bridgehead atoms. The van der Waals surface area contributed by atoms with E-state index in [-0.39, 0.29) is 18.2 Å².